The molecule has 1 heterocycles. The summed E-state index contributed by atoms with van der Waals surface area (Å²) in [5.41, 5.74) is 7.23. The lowest BCUT2D eigenvalue weighted by atomic mass is 10.1. The van der Waals surface area contributed by atoms with E-state index in [-0.39, 0.29) is 17.6 Å². The van der Waals surface area contributed by atoms with E-state index in [1.165, 1.54) is 0 Å². The van der Waals surface area contributed by atoms with Gasteiger partial charge in [0.1, 0.15) is 5.75 Å². The van der Waals surface area contributed by atoms with Gasteiger partial charge in [-0.05, 0) is 25.1 Å². The zero-order valence-electron chi connectivity index (χ0n) is 11.5. The van der Waals surface area contributed by atoms with Crippen LogP contribution in [0.1, 0.15) is 29.0 Å². The van der Waals surface area contributed by atoms with Crippen molar-refractivity contribution in [2.45, 2.75) is 13.0 Å². The van der Waals surface area contributed by atoms with E-state index in [2.05, 4.69) is 10.3 Å². The second-order valence-corrected chi connectivity index (χ2v) is 4.38. The summed E-state index contributed by atoms with van der Waals surface area (Å²) in [4.78, 5) is 16.2. The first kappa shape index (κ1) is 13.9. The molecule has 0 aliphatic carbocycles. The van der Waals surface area contributed by atoms with Gasteiger partial charge in [-0.3, -0.25) is 4.79 Å². The molecule has 20 heavy (non-hydrogen) atoms. The topological polar surface area (TPSA) is 77.2 Å². The van der Waals surface area contributed by atoms with E-state index < -0.39 is 0 Å². The highest BCUT2D eigenvalue weighted by Crippen LogP contribution is 2.24. The molecule has 1 amide bonds. The van der Waals surface area contributed by atoms with E-state index in [9.17, 15) is 4.79 Å². The van der Waals surface area contributed by atoms with Crippen LogP contribution in [0, 0.1) is 0 Å². The lowest BCUT2D eigenvalue weighted by Gasteiger charge is -2.17. The molecule has 0 bridgehead atoms. The van der Waals surface area contributed by atoms with Crippen molar-refractivity contribution in [3.05, 3.63) is 53.9 Å². The summed E-state index contributed by atoms with van der Waals surface area (Å²) in [6.45, 7) is 1.88. The number of carbonyl (C=O) groups excluding carboxylic acids is 1. The Morgan fingerprint density at radius 2 is 2.05 bits per heavy atom. The van der Waals surface area contributed by atoms with Crippen molar-refractivity contribution >= 4 is 11.6 Å². The third-order valence-electron chi connectivity index (χ3n) is 3.01. The Labute approximate surface area is 117 Å². The quantitative estimate of drug-likeness (QED) is 0.893. The minimum Gasteiger partial charge on any atom is -0.496 e. The predicted molar refractivity (Wildman–Crippen MR) is 77.5 cm³/mol. The third kappa shape index (κ3) is 2.88. The van der Waals surface area contributed by atoms with Gasteiger partial charge in [0.25, 0.3) is 5.91 Å². The average molecular weight is 271 g/mol. The molecule has 5 nitrogen and oxygen atoms in total. The lowest BCUT2D eigenvalue weighted by molar-refractivity contribution is 0.0935. The van der Waals surface area contributed by atoms with Crippen LogP contribution in [0.2, 0.25) is 0 Å². The summed E-state index contributed by atoms with van der Waals surface area (Å²) >= 11 is 0. The van der Waals surface area contributed by atoms with Gasteiger partial charge in [0.2, 0.25) is 0 Å². The fourth-order valence-corrected chi connectivity index (χ4v) is 1.97. The Bertz CT molecular complexity index is 614. The van der Waals surface area contributed by atoms with Crippen molar-refractivity contribution in [3.8, 4) is 5.75 Å². The SMILES string of the molecule is COc1ccccc1C(C)NC(=O)c1ncccc1N. The number of benzene rings is 1. The van der Waals surface area contributed by atoms with Gasteiger partial charge >= 0.3 is 0 Å². The number of hydrogen-bond donors (Lipinski definition) is 2. The van der Waals surface area contributed by atoms with Crippen molar-refractivity contribution in [2.75, 3.05) is 12.8 Å². The van der Waals surface area contributed by atoms with Gasteiger partial charge < -0.3 is 15.8 Å². The van der Waals surface area contributed by atoms with E-state index in [4.69, 9.17) is 10.5 Å². The number of nitrogens with zero attached hydrogens (tertiary/aromatic N) is 1. The minimum atomic E-state index is -0.304. The Balaban J connectivity index is 2.18. The van der Waals surface area contributed by atoms with Crippen LogP contribution in [-0.4, -0.2) is 18.0 Å². The van der Waals surface area contributed by atoms with Crippen LogP contribution in [0.15, 0.2) is 42.6 Å². The Hall–Kier alpha value is -2.56. The lowest BCUT2D eigenvalue weighted by Crippen LogP contribution is -2.28. The van der Waals surface area contributed by atoms with Crippen LogP contribution in [0.4, 0.5) is 5.69 Å². The first-order chi connectivity index (χ1) is 9.63. The Kier molecular flexibility index (Phi) is 4.20. The predicted octanol–water partition coefficient (Wildman–Crippen LogP) is 2.16. The summed E-state index contributed by atoms with van der Waals surface area (Å²) in [5.74, 6) is 0.427. The number of anilines is 1. The van der Waals surface area contributed by atoms with E-state index in [0.29, 0.717) is 5.69 Å². The van der Waals surface area contributed by atoms with Crippen molar-refractivity contribution in [1.82, 2.24) is 10.3 Å². The third-order valence-corrected chi connectivity index (χ3v) is 3.01. The van der Waals surface area contributed by atoms with Crippen LogP contribution in [0.5, 0.6) is 5.75 Å². The van der Waals surface area contributed by atoms with Crippen LogP contribution >= 0.6 is 0 Å². The molecular weight excluding hydrogens is 254 g/mol. The zero-order valence-corrected chi connectivity index (χ0v) is 11.5. The summed E-state index contributed by atoms with van der Waals surface area (Å²) in [6.07, 6.45) is 1.54. The van der Waals surface area contributed by atoms with Crippen molar-refractivity contribution in [2.24, 2.45) is 0 Å². The largest absolute Gasteiger partial charge is 0.496 e. The number of ether oxygens (including phenoxy) is 1. The number of amides is 1. The molecule has 0 aliphatic rings. The number of methoxy groups -OCH3 is 1. The number of nitrogen functional groups attached to an aromatic ring is 1. The smallest absolute Gasteiger partial charge is 0.272 e. The van der Waals surface area contributed by atoms with Crippen molar-refractivity contribution in [1.29, 1.82) is 0 Å². The second kappa shape index (κ2) is 6.06. The van der Waals surface area contributed by atoms with Gasteiger partial charge in [0.15, 0.2) is 5.69 Å². The number of aromatic nitrogens is 1. The number of rotatable bonds is 4. The van der Waals surface area contributed by atoms with Gasteiger partial charge in [0, 0.05) is 11.8 Å². The number of nitrogens with one attached hydrogen (secondary N) is 1. The molecule has 0 radical (unpaired) electrons. The molecule has 0 saturated carbocycles. The summed E-state index contributed by atoms with van der Waals surface area (Å²) in [5, 5.41) is 2.87. The van der Waals surface area contributed by atoms with Crippen molar-refractivity contribution in [3.63, 3.8) is 0 Å². The number of nitrogens with two attached hydrogens (primary N) is 1. The standard InChI is InChI=1S/C15H17N3O2/c1-10(11-6-3-4-8-13(11)20-2)18-15(19)14-12(16)7-5-9-17-14/h3-10H,16H2,1-2H3,(H,18,19). The molecule has 2 rings (SSSR count). The average Bonchev–Trinajstić information content (AvgIpc) is 2.47. The summed E-state index contributed by atoms with van der Waals surface area (Å²) < 4.78 is 5.29. The zero-order chi connectivity index (χ0) is 14.5. The molecule has 3 N–H and O–H groups in total. The van der Waals surface area contributed by atoms with E-state index in [1.807, 2.05) is 31.2 Å². The first-order valence-electron chi connectivity index (χ1n) is 6.27. The molecule has 1 atom stereocenters. The maximum Gasteiger partial charge on any atom is 0.272 e. The fraction of sp³-hybridized carbons (Fsp3) is 0.200. The van der Waals surface area contributed by atoms with Crippen LogP contribution in [0.25, 0.3) is 0 Å². The van der Waals surface area contributed by atoms with Gasteiger partial charge in [-0.2, -0.15) is 0 Å². The van der Waals surface area contributed by atoms with Crippen molar-refractivity contribution < 1.29 is 9.53 Å². The normalized spacial score (nSPS) is 11.7. The summed E-state index contributed by atoms with van der Waals surface area (Å²) in [6, 6.07) is 10.7. The molecule has 104 valence electrons. The summed E-state index contributed by atoms with van der Waals surface area (Å²) in [7, 11) is 1.60. The number of para-hydroxylation sites is 1. The van der Waals surface area contributed by atoms with Gasteiger partial charge in [-0.15, -0.1) is 0 Å². The molecule has 0 fully saturated rings. The number of carbonyl (C=O) groups is 1. The Morgan fingerprint density at radius 1 is 1.30 bits per heavy atom. The van der Waals surface area contributed by atoms with E-state index >= 15 is 0 Å². The second-order valence-electron chi connectivity index (χ2n) is 4.38. The maximum atomic E-state index is 12.2. The number of hydrogen-bond acceptors (Lipinski definition) is 4. The monoisotopic (exact) mass is 271 g/mol. The van der Waals surface area contributed by atoms with E-state index in [1.54, 1.807) is 25.4 Å². The highest BCUT2D eigenvalue weighted by atomic mass is 16.5. The van der Waals surface area contributed by atoms with Gasteiger partial charge in [-0.25, -0.2) is 4.98 Å². The number of pyridine rings is 1. The molecule has 2 aromatic rings. The molecule has 0 aliphatic heterocycles. The molecule has 1 aromatic carbocycles. The maximum absolute atomic E-state index is 12.2. The van der Waals surface area contributed by atoms with Crippen LogP contribution in [-0.2, 0) is 0 Å². The van der Waals surface area contributed by atoms with Gasteiger partial charge in [0.05, 0.1) is 18.8 Å². The highest BCUT2D eigenvalue weighted by Gasteiger charge is 2.16. The fourth-order valence-electron chi connectivity index (χ4n) is 1.97. The molecule has 1 aromatic heterocycles. The highest BCUT2D eigenvalue weighted by molar-refractivity contribution is 5.97. The molecule has 1 unspecified atom stereocenters. The van der Waals surface area contributed by atoms with E-state index in [0.717, 1.165) is 11.3 Å². The Morgan fingerprint density at radius 3 is 2.75 bits per heavy atom. The van der Waals surface area contributed by atoms with Crippen LogP contribution in [0.3, 0.4) is 0 Å². The minimum absolute atomic E-state index is 0.208. The molecule has 5 heteroatoms. The first-order valence-corrected chi connectivity index (χ1v) is 6.27. The van der Waals surface area contributed by atoms with Gasteiger partial charge in [-0.1, -0.05) is 18.2 Å². The van der Waals surface area contributed by atoms with Crippen LogP contribution < -0.4 is 15.8 Å². The molecule has 0 saturated heterocycles. The molecular formula is C15H17N3O2. The molecule has 0 spiro atoms.